The summed E-state index contributed by atoms with van der Waals surface area (Å²) >= 11 is 0. The molecule has 0 spiro atoms. The van der Waals surface area contributed by atoms with Crippen molar-refractivity contribution >= 4 is 17.9 Å². The predicted molar refractivity (Wildman–Crippen MR) is 353 cm³/mol. The SMILES string of the molecule is CC/C=C\C/C=C\C/C=C\C/C=C\C/C=C\CC(=O)OC(COC(=O)CCCCCCCCCCCCCCCCC)COC(=O)CCCCCCCCCCCCCCCCCCCCCC/C=C\C/C=C\C/C=C\C/C=C\CC. The van der Waals surface area contributed by atoms with E-state index in [-0.39, 0.29) is 31.6 Å². The molecule has 0 rings (SSSR count). The zero-order valence-corrected chi connectivity index (χ0v) is 53.3. The molecule has 0 fully saturated rings. The Bertz CT molecular complexity index is 1620. The Hall–Kier alpha value is -3.93. The number of carbonyl (C=O) groups is 3. The lowest BCUT2D eigenvalue weighted by Gasteiger charge is -2.18. The van der Waals surface area contributed by atoms with E-state index in [9.17, 15) is 14.4 Å². The molecule has 0 saturated carbocycles. The first-order valence-electron chi connectivity index (χ1n) is 34.4. The quantitative estimate of drug-likeness (QED) is 0.0261. The molecule has 0 aliphatic carbocycles. The highest BCUT2D eigenvalue weighted by atomic mass is 16.6. The van der Waals surface area contributed by atoms with Crippen LogP contribution in [0.5, 0.6) is 0 Å². The topological polar surface area (TPSA) is 78.9 Å². The van der Waals surface area contributed by atoms with Gasteiger partial charge in [-0.3, -0.25) is 14.4 Å². The average molecular weight is 1130 g/mol. The Balaban J connectivity index is 4.21. The first-order valence-corrected chi connectivity index (χ1v) is 34.4. The first-order chi connectivity index (χ1) is 40.0. The number of rotatable bonds is 62. The first kappa shape index (κ1) is 77.1. The van der Waals surface area contributed by atoms with Gasteiger partial charge in [-0.1, -0.05) is 336 Å². The van der Waals surface area contributed by atoms with Gasteiger partial charge in [-0.2, -0.15) is 0 Å². The van der Waals surface area contributed by atoms with Crippen LogP contribution in [-0.2, 0) is 28.6 Å². The normalized spacial score (nSPS) is 12.8. The van der Waals surface area contributed by atoms with Crippen LogP contribution in [-0.4, -0.2) is 37.2 Å². The molecular weight excluding hydrogens is 997 g/mol. The van der Waals surface area contributed by atoms with Gasteiger partial charge in [0.15, 0.2) is 6.10 Å². The van der Waals surface area contributed by atoms with Gasteiger partial charge in [-0.05, 0) is 83.5 Å². The van der Waals surface area contributed by atoms with Crippen LogP contribution in [0.3, 0.4) is 0 Å². The van der Waals surface area contributed by atoms with Gasteiger partial charge in [0, 0.05) is 12.8 Å². The zero-order valence-electron chi connectivity index (χ0n) is 53.3. The van der Waals surface area contributed by atoms with Crippen LogP contribution in [0.4, 0.5) is 0 Å². The maximum atomic E-state index is 12.8. The Morgan fingerprint density at radius 2 is 0.519 bits per heavy atom. The van der Waals surface area contributed by atoms with Crippen molar-refractivity contribution < 1.29 is 28.6 Å². The van der Waals surface area contributed by atoms with Gasteiger partial charge >= 0.3 is 17.9 Å². The molecule has 1 unspecified atom stereocenters. The van der Waals surface area contributed by atoms with Crippen LogP contribution in [0, 0.1) is 0 Å². The number of unbranched alkanes of at least 4 members (excludes halogenated alkanes) is 34. The van der Waals surface area contributed by atoms with Gasteiger partial charge in [0.2, 0.25) is 0 Å². The zero-order chi connectivity index (χ0) is 58.5. The van der Waals surface area contributed by atoms with Crippen molar-refractivity contribution in [1.82, 2.24) is 0 Å². The molecule has 6 nitrogen and oxygen atoms in total. The minimum absolute atomic E-state index is 0.0986. The standard InChI is InChI=1S/C75H128O6/c1-4-7-10-13-16-19-22-25-28-29-30-31-32-33-34-35-36-37-38-39-40-41-42-43-44-45-48-50-53-56-59-62-65-68-74(77)80-71-72(81-75(78)69-66-63-60-57-54-51-47-27-24-21-18-15-12-9-6-3)70-79-73(76)67-64-61-58-55-52-49-46-26-23-20-17-14-11-8-5-2/h7,9-10,12,16,18-19,21,25,27-28,30-31,47,54,57,63,66,72H,4-6,8,11,13-15,17,20,22-24,26,29,32-46,48-53,55-56,58-62,64-65,67-71H2,1-3H3/b10-7-,12-9-,19-16-,21-18-,28-25-,31-30-,47-27-,57-54-,66-63-. The Labute approximate surface area is 501 Å². The predicted octanol–water partition coefficient (Wildman–Crippen LogP) is 23.8. The molecule has 0 heterocycles. The molecule has 0 saturated heterocycles. The highest BCUT2D eigenvalue weighted by Crippen LogP contribution is 2.17. The summed E-state index contributed by atoms with van der Waals surface area (Å²) in [6.45, 7) is 6.37. The van der Waals surface area contributed by atoms with Crippen molar-refractivity contribution in [1.29, 1.82) is 0 Å². The second-order valence-electron chi connectivity index (χ2n) is 22.7. The van der Waals surface area contributed by atoms with E-state index in [0.717, 1.165) is 96.3 Å². The molecule has 0 aromatic rings. The highest BCUT2D eigenvalue weighted by molar-refractivity contribution is 5.72. The molecule has 1 atom stereocenters. The molecule has 0 bridgehead atoms. The van der Waals surface area contributed by atoms with Crippen LogP contribution >= 0.6 is 0 Å². The van der Waals surface area contributed by atoms with Gasteiger partial charge < -0.3 is 14.2 Å². The van der Waals surface area contributed by atoms with Gasteiger partial charge in [0.25, 0.3) is 0 Å². The van der Waals surface area contributed by atoms with Gasteiger partial charge in [0.05, 0.1) is 6.42 Å². The Morgan fingerprint density at radius 1 is 0.272 bits per heavy atom. The lowest BCUT2D eigenvalue weighted by atomic mass is 10.0. The molecule has 0 aromatic carbocycles. The summed E-state index contributed by atoms with van der Waals surface area (Å²) in [4.78, 5) is 38.3. The number of hydrogen-bond donors (Lipinski definition) is 0. The second-order valence-corrected chi connectivity index (χ2v) is 22.7. The van der Waals surface area contributed by atoms with E-state index < -0.39 is 12.1 Å². The third kappa shape index (κ3) is 66.8. The van der Waals surface area contributed by atoms with Crippen molar-refractivity contribution in [3.8, 4) is 0 Å². The van der Waals surface area contributed by atoms with Gasteiger partial charge in [-0.25, -0.2) is 0 Å². The maximum absolute atomic E-state index is 12.8. The van der Waals surface area contributed by atoms with Crippen molar-refractivity contribution in [2.45, 2.75) is 335 Å². The van der Waals surface area contributed by atoms with E-state index in [1.165, 1.54) is 193 Å². The molecule has 0 aromatic heterocycles. The van der Waals surface area contributed by atoms with Gasteiger partial charge in [0.1, 0.15) is 13.2 Å². The fourth-order valence-corrected chi connectivity index (χ4v) is 9.75. The summed E-state index contributed by atoms with van der Waals surface area (Å²) in [5, 5.41) is 0. The second kappa shape index (κ2) is 68.6. The molecular formula is C75H128O6. The largest absolute Gasteiger partial charge is 0.462 e. The average Bonchev–Trinajstić information content (AvgIpc) is 3.47. The summed E-state index contributed by atoms with van der Waals surface area (Å²) < 4.78 is 16.8. The van der Waals surface area contributed by atoms with E-state index in [0.29, 0.717) is 12.8 Å². The monoisotopic (exact) mass is 1120 g/mol. The molecule has 0 aliphatic rings. The highest BCUT2D eigenvalue weighted by Gasteiger charge is 2.19. The molecule has 0 amide bonds. The van der Waals surface area contributed by atoms with E-state index in [1.54, 1.807) is 6.08 Å². The van der Waals surface area contributed by atoms with Crippen LogP contribution in [0.2, 0.25) is 0 Å². The van der Waals surface area contributed by atoms with Crippen LogP contribution in [0.1, 0.15) is 329 Å². The number of allylic oxidation sites excluding steroid dienone is 17. The lowest BCUT2D eigenvalue weighted by Crippen LogP contribution is -2.30. The molecule has 464 valence electrons. The minimum atomic E-state index is -0.831. The summed E-state index contributed by atoms with van der Waals surface area (Å²) in [7, 11) is 0. The molecule has 0 radical (unpaired) electrons. The van der Waals surface area contributed by atoms with Crippen molar-refractivity contribution in [3.63, 3.8) is 0 Å². The summed E-state index contributed by atoms with van der Waals surface area (Å²) in [6, 6.07) is 0. The molecule has 81 heavy (non-hydrogen) atoms. The fraction of sp³-hybridized carbons (Fsp3) is 0.720. The lowest BCUT2D eigenvalue weighted by molar-refractivity contribution is -0.166. The fourth-order valence-electron chi connectivity index (χ4n) is 9.75. The van der Waals surface area contributed by atoms with Crippen LogP contribution in [0.15, 0.2) is 109 Å². The van der Waals surface area contributed by atoms with Gasteiger partial charge in [-0.15, -0.1) is 0 Å². The number of carbonyl (C=O) groups excluding carboxylic acids is 3. The minimum Gasteiger partial charge on any atom is -0.462 e. The van der Waals surface area contributed by atoms with Crippen LogP contribution in [0.25, 0.3) is 0 Å². The van der Waals surface area contributed by atoms with E-state index in [2.05, 4.69) is 118 Å². The maximum Gasteiger partial charge on any atom is 0.310 e. The summed E-state index contributed by atoms with van der Waals surface area (Å²) in [6.07, 6.45) is 94.4. The third-order valence-electron chi connectivity index (χ3n) is 14.8. The Kier molecular flexibility index (Phi) is 65.2. The van der Waals surface area contributed by atoms with Crippen molar-refractivity contribution in [2.75, 3.05) is 13.2 Å². The van der Waals surface area contributed by atoms with E-state index in [4.69, 9.17) is 14.2 Å². The summed E-state index contributed by atoms with van der Waals surface area (Å²) in [5.41, 5.74) is 0. The number of hydrogen-bond acceptors (Lipinski definition) is 6. The van der Waals surface area contributed by atoms with Crippen molar-refractivity contribution in [3.05, 3.63) is 109 Å². The van der Waals surface area contributed by atoms with E-state index >= 15 is 0 Å². The summed E-state index contributed by atoms with van der Waals surface area (Å²) in [5.74, 6) is -1.03. The molecule has 0 N–H and O–H groups in total. The van der Waals surface area contributed by atoms with Crippen LogP contribution < -0.4 is 0 Å². The van der Waals surface area contributed by atoms with E-state index in [1.807, 2.05) is 6.08 Å². The molecule has 0 aliphatic heterocycles. The number of esters is 3. The molecule has 6 heteroatoms. The number of ether oxygens (including phenoxy) is 3. The smallest absolute Gasteiger partial charge is 0.310 e. The van der Waals surface area contributed by atoms with Crippen molar-refractivity contribution in [2.24, 2.45) is 0 Å². The Morgan fingerprint density at radius 3 is 0.815 bits per heavy atom. The third-order valence-corrected chi connectivity index (χ3v) is 14.8.